The molecule has 1 unspecified atom stereocenters. The molecule has 0 spiro atoms. The fourth-order valence-electron chi connectivity index (χ4n) is 2.71. The zero-order valence-electron chi connectivity index (χ0n) is 15.4. The number of nitrogens with one attached hydrogen (secondary N) is 2. The monoisotopic (exact) mass is 416 g/mol. The lowest BCUT2D eigenvalue weighted by Gasteiger charge is -2.15. The summed E-state index contributed by atoms with van der Waals surface area (Å²) in [6.07, 6.45) is 0.0694. The van der Waals surface area contributed by atoms with Gasteiger partial charge in [-0.1, -0.05) is 6.07 Å². The lowest BCUT2D eigenvalue weighted by molar-refractivity contribution is -0.116. The van der Waals surface area contributed by atoms with Gasteiger partial charge in [-0.25, -0.2) is 9.78 Å². The fourth-order valence-corrected chi connectivity index (χ4v) is 4.34. The van der Waals surface area contributed by atoms with Gasteiger partial charge in [0.05, 0.1) is 25.3 Å². The highest BCUT2D eigenvalue weighted by Crippen LogP contribution is 2.31. The Balaban J connectivity index is 1.70. The van der Waals surface area contributed by atoms with Gasteiger partial charge < -0.3 is 21.1 Å². The number of amides is 3. The topological polar surface area (TPSA) is 106 Å². The van der Waals surface area contributed by atoms with Crippen molar-refractivity contribution in [1.29, 1.82) is 0 Å². The molecule has 0 saturated carbocycles. The third-order valence-electron chi connectivity index (χ3n) is 4.00. The molecule has 0 aliphatic carbocycles. The molecule has 0 radical (unpaired) electrons. The van der Waals surface area contributed by atoms with Gasteiger partial charge in [0.15, 0.2) is 5.13 Å². The molecule has 0 aliphatic heterocycles. The van der Waals surface area contributed by atoms with E-state index in [2.05, 4.69) is 15.6 Å². The van der Waals surface area contributed by atoms with Crippen LogP contribution in [0.5, 0.6) is 5.75 Å². The van der Waals surface area contributed by atoms with Crippen molar-refractivity contribution in [2.75, 3.05) is 12.4 Å². The molecule has 0 bridgehead atoms. The lowest BCUT2D eigenvalue weighted by atomic mass is 10.1. The highest BCUT2D eigenvalue weighted by molar-refractivity contribution is 7.16. The number of nitrogens with zero attached hydrogens (tertiary/aromatic N) is 1. The van der Waals surface area contributed by atoms with E-state index >= 15 is 0 Å². The number of methoxy groups -OCH3 is 1. The van der Waals surface area contributed by atoms with Crippen molar-refractivity contribution in [2.24, 2.45) is 5.73 Å². The van der Waals surface area contributed by atoms with Gasteiger partial charge in [-0.15, -0.1) is 22.7 Å². The Morgan fingerprint density at radius 1 is 1.25 bits per heavy atom. The van der Waals surface area contributed by atoms with Gasteiger partial charge in [-0.3, -0.25) is 4.79 Å². The summed E-state index contributed by atoms with van der Waals surface area (Å²) in [6.45, 7) is 1.95. The number of aryl methyl sites for hydroxylation is 1. The van der Waals surface area contributed by atoms with Crippen molar-refractivity contribution in [2.45, 2.75) is 19.4 Å². The number of carbonyl (C=O) groups excluding carboxylic acids is 2. The summed E-state index contributed by atoms with van der Waals surface area (Å²) in [4.78, 5) is 30.1. The maximum absolute atomic E-state index is 12.5. The summed E-state index contributed by atoms with van der Waals surface area (Å²) < 4.78 is 5.18. The summed E-state index contributed by atoms with van der Waals surface area (Å²) >= 11 is 2.86. The SMILES string of the molecule is COc1ccc(-c2nc(NC(=O)CC(NC(N)=O)c3cccs3)sc2C)cc1. The predicted molar refractivity (Wildman–Crippen MR) is 112 cm³/mol. The Morgan fingerprint density at radius 3 is 2.61 bits per heavy atom. The number of hydrogen-bond acceptors (Lipinski definition) is 6. The normalized spacial score (nSPS) is 11.6. The molecular weight excluding hydrogens is 396 g/mol. The average Bonchev–Trinajstić information content (AvgIpc) is 3.31. The number of primary amides is 1. The molecule has 1 aromatic carbocycles. The number of rotatable bonds is 7. The number of thiophene rings is 1. The zero-order valence-corrected chi connectivity index (χ0v) is 17.0. The van der Waals surface area contributed by atoms with Crippen LogP contribution in [0.25, 0.3) is 11.3 Å². The van der Waals surface area contributed by atoms with Gasteiger partial charge in [-0.2, -0.15) is 0 Å². The first-order valence-corrected chi connectivity index (χ1v) is 10.2. The van der Waals surface area contributed by atoms with Crippen LogP contribution >= 0.6 is 22.7 Å². The third kappa shape index (κ3) is 4.87. The Hall–Kier alpha value is -2.91. The number of hydrogen-bond donors (Lipinski definition) is 3. The maximum atomic E-state index is 12.5. The number of thiazole rings is 1. The zero-order chi connectivity index (χ0) is 20.1. The number of urea groups is 1. The Kier molecular flexibility index (Phi) is 6.27. The highest BCUT2D eigenvalue weighted by Gasteiger charge is 2.20. The van der Waals surface area contributed by atoms with Crippen LogP contribution in [0.4, 0.5) is 9.93 Å². The Labute approximate surface area is 170 Å². The first kappa shape index (κ1) is 19.8. The van der Waals surface area contributed by atoms with E-state index in [9.17, 15) is 9.59 Å². The lowest BCUT2D eigenvalue weighted by Crippen LogP contribution is -2.34. The van der Waals surface area contributed by atoms with Crippen LogP contribution in [-0.4, -0.2) is 24.0 Å². The summed E-state index contributed by atoms with van der Waals surface area (Å²) in [5.41, 5.74) is 7.00. The van der Waals surface area contributed by atoms with Crippen LogP contribution in [0.1, 0.15) is 22.2 Å². The summed E-state index contributed by atoms with van der Waals surface area (Å²) in [5.74, 6) is 0.522. The minimum Gasteiger partial charge on any atom is -0.497 e. The number of carbonyl (C=O) groups is 2. The van der Waals surface area contributed by atoms with Crippen LogP contribution < -0.4 is 21.1 Å². The second-order valence-electron chi connectivity index (χ2n) is 5.98. The molecule has 0 saturated heterocycles. The van der Waals surface area contributed by atoms with E-state index in [0.717, 1.165) is 26.8 Å². The number of nitrogens with two attached hydrogens (primary N) is 1. The number of ether oxygens (including phenoxy) is 1. The van der Waals surface area contributed by atoms with Crippen LogP contribution in [0, 0.1) is 6.92 Å². The van der Waals surface area contributed by atoms with Crippen LogP contribution in [0.15, 0.2) is 41.8 Å². The first-order chi connectivity index (χ1) is 13.5. The summed E-state index contributed by atoms with van der Waals surface area (Å²) in [6, 6.07) is 10.2. The van der Waals surface area contributed by atoms with Crippen LogP contribution in [0.3, 0.4) is 0 Å². The molecule has 3 rings (SSSR count). The molecule has 28 heavy (non-hydrogen) atoms. The number of aromatic nitrogens is 1. The molecule has 3 aromatic rings. The molecule has 7 nitrogen and oxygen atoms in total. The van der Waals surface area contributed by atoms with Gasteiger partial charge in [0.1, 0.15) is 5.75 Å². The fraction of sp³-hybridized carbons (Fsp3) is 0.211. The van der Waals surface area contributed by atoms with Gasteiger partial charge in [0.2, 0.25) is 5.91 Å². The van der Waals surface area contributed by atoms with Crippen molar-refractivity contribution in [1.82, 2.24) is 10.3 Å². The van der Waals surface area contributed by atoms with E-state index in [-0.39, 0.29) is 12.3 Å². The molecule has 3 amide bonds. The van der Waals surface area contributed by atoms with Crippen LogP contribution in [-0.2, 0) is 4.79 Å². The van der Waals surface area contributed by atoms with Gasteiger partial charge in [0.25, 0.3) is 0 Å². The first-order valence-electron chi connectivity index (χ1n) is 8.47. The number of benzene rings is 1. The van der Waals surface area contributed by atoms with E-state index in [4.69, 9.17) is 10.5 Å². The molecule has 2 heterocycles. The van der Waals surface area contributed by atoms with Crippen molar-refractivity contribution in [3.63, 3.8) is 0 Å². The Morgan fingerprint density at radius 2 is 2.00 bits per heavy atom. The van der Waals surface area contributed by atoms with Gasteiger partial charge in [-0.05, 0) is 42.6 Å². The molecule has 1 atom stereocenters. The molecule has 4 N–H and O–H groups in total. The molecule has 9 heteroatoms. The van der Waals surface area contributed by atoms with Crippen LogP contribution in [0.2, 0.25) is 0 Å². The highest BCUT2D eigenvalue weighted by atomic mass is 32.1. The minimum absolute atomic E-state index is 0.0694. The van der Waals surface area contributed by atoms with Crippen molar-refractivity contribution < 1.29 is 14.3 Å². The quantitative estimate of drug-likeness (QED) is 0.542. The van der Waals surface area contributed by atoms with Crippen molar-refractivity contribution in [3.8, 4) is 17.0 Å². The van der Waals surface area contributed by atoms with Gasteiger partial charge in [0, 0.05) is 15.3 Å². The van der Waals surface area contributed by atoms with E-state index in [0.29, 0.717) is 5.13 Å². The average molecular weight is 417 g/mol. The summed E-state index contributed by atoms with van der Waals surface area (Å²) in [7, 11) is 1.62. The Bertz CT molecular complexity index is 952. The molecule has 0 fully saturated rings. The van der Waals surface area contributed by atoms with Crippen molar-refractivity contribution in [3.05, 3.63) is 51.5 Å². The second-order valence-corrected chi connectivity index (χ2v) is 8.16. The smallest absolute Gasteiger partial charge is 0.312 e. The second kappa shape index (κ2) is 8.85. The minimum atomic E-state index is -0.668. The summed E-state index contributed by atoms with van der Waals surface area (Å²) in [5, 5.41) is 7.82. The predicted octanol–water partition coefficient (Wildman–Crippen LogP) is 3.93. The number of anilines is 1. The molecule has 2 aromatic heterocycles. The molecule has 146 valence electrons. The van der Waals surface area contributed by atoms with Gasteiger partial charge >= 0.3 is 6.03 Å². The third-order valence-corrected chi connectivity index (χ3v) is 5.87. The van der Waals surface area contributed by atoms with E-state index in [1.165, 1.54) is 22.7 Å². The van der Waals surface area contributed by atoms with E-state index in [1.807, 2.05) is 48.7 Å². The standard InChI is InChI=1S/C19H20N4O3S2/c1-11-17(12-5-7-13(26-2)8-6-12)23-19(28-11)22-16(24)10-14(21-18(20)25)15-4-3-9-27-15/h3-9,14H,10H2,1-2H3,(H3,20,21,25)(H,22,23,24). The van der Waals surface area contributed by atoms with Crippen molar-refractivity contribution >= 4 is 39.7 Å². The molecule has 0 aliphatic rings. The largest absolute Gasteiger partial charge is 0.497 e. The maximum Gasteiger partial charge on any atom is 0.312 e. The molecular formula is C19H20N4O3S2. The van der Waals surface area contributed by atoms with E-state index < -0.39 is 12.1 Å². The van der Waals surface area contributed by atoms with E-state index in [1.54, 1.807) is 7.11 Å².